The van der Waals surface area contributed by atoms with Gasteiger partial charge >= 0.3 is 11.8 Å². The summed E-state index contributed by atoms with van der Waals surface area (Å²) < 4.78 is 28.0. The predicted octanol–water partition coefficient (Wildman–Crippen LogP) is 7.04. The lowest BCUT2D eigenvalue weighted by Crippen LogP contribution is -2.25. The van der Waals surface area contributed by atoms with Crippen molar-refractivity contribution in [2.75, 3.05) is 24.3 Å². The number of benzene rings is 4. The molecule has 63 heavy (non-hydrogen) atoms. The van der Waals surface area contributed by atoms with Crippen LogP contribution in [0.5, 0.6) is 5.75 Å². The van der Waals surface area contributed by atoms with Gasteiger partial charge in [-0.1, -0.05) is 30.3 Å². The predicted molar refractivity (Wildman–Crippen MR) is 232 cm³/mol. The van der Waals surface area contributed by atoms with E-state index in [-0.39, 0.29) is 45.1 Å². The van der Waals surface area contributed by atoms with Crippen LogP contribution >= 0.6 is 0 Å². The highest BCUT2D eigenvalue weighted by atomic mass is 16.6. The summed E-state index contributed by atoms with van der Waals surface area (Å²) in [6.45, 7) is 3.10. The van der Waals surface area contributed by atoms with E-state index >= 15 is 0 Å². The van der Waals surface area contributed by atoms with E-state index in [1.54, 1.807) is 49.7 Å². The van der Waals surface area contributed by atoms with Crippen LogP contribution in [0.15, 0.2) is 138 Å². The molecule has 0 saturated heterocycles. The summed E-state index contributed by atoms with van der Waals surface area (Å²) >= 11 is 0. The Hall–Kier alpha value is -8.11. The van der Waals surface area contributed by atoms with Gasteiger partial charge in [0, 0.05) is 50.0 Å². The third-order valence-corrected chi connectivity index (χ3v) is 10.3. The summed E-state index contributed by atoms with van der Waals surface area (Å²) in [5, 5.41) is 11.2. The van der Waals surface area contributed by atoms with Crippen molar-refractivity contribution in [3.63, 3.8) is 0 Å². The van der Waals surface area contributed by atoms with E-state index in [9.17, 15) is 24.0 Å². The maximum atomic E-state index is 13.9. The number of pyridine rings is 1. The number of para-hydroxylation sites is 1. The van der Waals surface area contributed by atoms with Crippen LogP contribution in [0.3, 0.4) is 0 Å². The fourth-order valence-corrected chi connectivity index (χ4v) is 7.04. The van der Waals surface area contributed by atoms with Crippen molar-refractivity contribution in [3.05, 3.63) is 182 Å². The highest BCUT2D eigenvalue weighted by molar-refractivity contribution is 6.13. The van der Waals surface area contributed by atoms with Gasteiger partial charge in [-0.2, -0.15) is 5.10 Å². The molecule has 0 aliphatic rings. The van der Waals surface area contributed by atoms with Crippen LogP contribution in [0.25, 0.3) is 21.9 Å². The highest BCUT2D eigenvalue weighted by Crippen LogP contribution is 2.24. The fraction of sp³-hybridized carbons (Fsp3) is 0.170. The molecular formula is C47H40N6O10. The molecule has 0 bridgehead atoms. The average Bonchev–Trinajstić information content (AvgIpc) is 3.83. The summed E-state index contributed by atoms with van der Waals surface area (Å²) in [6.07, 6.45) is 6.07. The standard InChI is InChI=1S/C47H40N6O10/c1-28-43(63-47(58)61-28)27-60-46(57)32-11-14-36(38(20-32)51-45(56)42-21-40(54)37-6-4-5-7-41(37)62-42)44(55)50-34-12-8-29(9-13-34)16-17-53(26-31-19-35(59-3)24-48-22-31)25-30-10-15-39-33(18-30)23-49-52(39)2/h4-15,18-24H,16-17,25-27H2,1-3H3,(H,50,55)(H,51,56). The first-order valence-electron chi connectivity index (χ1n) is 19.8. The number of hydrogen-bond donors (Lipinski definition) is 2. The quantitative estimate of drug-likeness (QED) is 0.0996. The molecule has 0 spiro atoms. The number of hydrogen-bond acceptors (Lipinski definition) is 13. The Morgan fingerprint density at radius 1 is 0.794 bits per heavy atom. The van der Waals surface area contributed by atoms with Crippen molar-refractivity contribution in [3.8, 4) is 5.75 Å². The largest absolute Gasteiger partial charge is 0.519 e. The minimum absolute atomic E-state index is 0.00376. The number of aromatic nitrogens is 3. The number of methoxy groups -OCH3 is 1. The Morgan fingerprint density at radius 3 is 2.38 bits per heavy atom. The van der Waals surface area contributed by atoms with Crippen molar-refractivity contribution in [2.24, 2.45) is 7.05 Å². The minimum Gasteiger partial charge on any atom is -0.495 e. The Labute approximate surface area is 358 Å². The highest BCUT2D eigenvalue weighted by Gasteiger charge is 2.21. The number of carbonyl (C=O) groups excluding carboxylic acids is 3. The molecule has 0 aliphatic carbocycles. The van der Waals surface area contributed by atoms with E-state index < -0.39 is 35.6 Å². The van der Waals surface area contributed by atoms with E-state index in [1.807, 2.05) is 42.3 Å². The van der Waals surface area contributed by atoms with Crippen LogP contribution in [0.1, 0.15) is 59.5 Å². The van der Waals surface area contributed by atoms with Gasteiger partial charge in [0.25, 0.3) is 11.8 Å². The number of amides is 2. The zero-order valence-corrected chi connectivity index (χ0v) is 34.4. The van der Waals surface area contributed by atoms with Crippen molar-refractivity contribution in [2.45, 2.75) is 33.0 Å². The molecule has 8 aromatic rings. The van der Waals surface area contributed by atoms with E-state index in [0.717, 1.165) is 33.7 Å². The molecule has 4 aromatic heterocycles. The monoisotopic (exact) mass is 848 g/mol. The number of carbonyl (C=O) groups is 3. The lowest BCUT2D eigenvalue weighted by Gasteiger charge is -2.23. The van der Waals surface area contributed by atoms with Crippen molar-refractivity contribution in [1.82, 2.24) is 19.7 Å². The minimum atomic E-state index is -0.940. The summed E-state index contributed by atoms with van der Waals surface area (Å²) in [5.41, 5.74) is 4.36. The number of nitrogens with one attached hydrogen (secondary N) is 2. The second-order valence-electron chi connectivity index (χ2n) is 14.7. The van der Waals surface area contributed by atoms with E-state index in [2.05, 4.69) is 43.8 Å². The van der Waals surface area contributed by atoms with Gasteiger partial charge in [0.2, 0.25) is 0 Å². The first kappa shape index (κ1) is 41.6. The molecule has 0 radical (unpaired) electrons. The van der Waals surface area contributed by atoms with Crippen LogP contribution in [0, 0.1) is 6.92 Å². The van der Waals surface area contributed by atoms with E-state index in [0.29, 0.717) is 37.5 Å². The van der Waals surface area contributed by atoms with Crippen molar-refractivity contribution in [1.29, 1.82) is 0 Å². The number of esters is 1. The summed E-state index contributed by atoms with van der Waals surface area (Å²) in [4.78, 5) is 71.5. The Morgan fingerprint density at radius 2 is 1.59 bits per heavy atom. The number of anilines is 2. The molecule has 0 saturated carbocycles. The van der Waals surface area contributed by atoms with Crippen molar-refractivity contribution >= 4 is 51.0 Å². The Balaban J connectivity index is 0.986. The molecule has 2 N–H and O–H groups in total. The SMILES string of the molecule is COc1cncc(CN(CCc2ccc(NC(=O)c3ccc(C(=O)OCc4oc(=O)oc4C)cc3NC(=O)c3cc(=O)c4ccccc4o3)cc2)Cc2ccc3c(cnn3C)c2)c1. The molecule has 16 nitrogen and oxygen atoms in total. The smallest absolute Gasteiger partial charge is 0.495 e. The first-order valence-corrected chi connectivity index (χ1v) is 19.8. The Bertz CT molecular complexity index is 3110. The summed E-state index contributed by atoms with van der Waals surface area (Å²) in [7, 11) is 3.54. The van der Waals surface area contributed by atoms with Crippen LogP contribution in [0.2, 0.25) is 0 Å². The molecule has 0 atom stereocenters. The second kappa shape index (κ2) is 18.2. The zero-order chi connectivity index (χ0) is 44.0. The van der Waals surface area contributed by atoms with Crippen LogP contribution in [-0.4, -0.2) is 51.1 Å². The third kappa shape index (κ3) is 9.77. The van der Waals surface area contributed by atoms with Crippen molar-refractivity contribution < 1.29 is 37.1 Å². The number of fused-ring (bicyclic) bond motifs is 2. The molecule has 4 aromatic carbocycles. The second-order valence-corrected chi connectivity index (χ2v) is 14.7. The molecule has 16 heteroatoms. The van der Waals surface area contributed by atoms with Gasteiger partial charge in [0.05, 0.1) is 47.2 Å². The van der Waals surface area contributed by atoms with E-state index in [4.69, 9.17) is 22.7 Å². The maximum Gasteiger partial charge on any atom is 0.519 e. The van der Waals surface area contributed by atoms with Crippen LogP contribution in [-0.2, 0) is 37.9 Å². The molecule has 0 fully saturated rings. The number of aryl methyl sites for hydroxylation is 2. The average molecular weight is 849 g/mol. The van der Waals surface area contributed by atoms with E-state index in [1.165, 1.54) is 25.1 Å². The summed E-state index contributed by atoms with van der Waals surface area (Å²) in [6, 6.07) is 27.2. The van der Waals surface area contributed by atoms with Gasteiger partial charge in [-0.3, -0.25) is 28.9 Å². The maximum absolute atomic E-state index is 13.9. The molecule has 8 rings (SSSR count). The first-order chi connectivity index (χ1) is 30.5. The molecule has 0 aliphatic heterocycles. The molecule has 2 amide bonds. The fourth-order valence-electron chi connectivity index (χ4n) is 7.04. The molecular weight excluding hydrogens is 809 g/mol. The number of ether oxygens (including phenoxy) is 2. The molecule has 318 valence electrons. The van der Waals surface area contributed by atoms with Gasteiger partial charge in [-0.25, -0.2) is 9.59 Å². The summed E-state index contributed by atoms with van der Waals surface area (Å²) in [5.74, 6) is -2.68. The van der Waals surface area contributed by atoms with Gasteiger partial charge in [-0.15, -0.1) is 0 Å². The van der Waals surface area contributed by atoms with Gasteiger partial charge in [-0.05, 0) is 90.7 Å². The van der Waals surface area contributed by atoms with Gasteiger partial charge in [0.1, 0.15) is 11.3 Å². The molecule has 4 heterocycles. The van der Waals surface area contributed by atoms with Crippen LogP contribution in [0.4, 0.5) is 11.4 Å². The van der Waals surface area contributed by atoms with Gasteiger partial charge < -0.3 is 33.4 Å². The molecule has 0 unspecified atom stereocenters. The lowest BCUT2D eigenvalue weighted by atomic mass is 10.1. The third-order valence-electron chi connectivity index (χ3n) is 10.3. The normalized spacial score (nSPS) is 11.2. The topological polar surface area (TPSA) is 201 Å². The number of rotatable bonds is 15. The van der Waals surface area contributed by atoms with Crippen LogP contribution < -0.4 is 26.6 Å². The number of nitrogens with zero attached hydrogens (tertiary/aromatic N) is 4. The Kier molecular flexibility index (Phi) is 12.1. The lowest BCUT2D eigenvalue weighted by molar-refractivity contribution is 0.0442. The zero-order valence-electron chi connectivity index (χ0n) is 34.4. The van der Waals surface area contributed by atoms with Gasteiger partial charge in [0.15, 0.2) is 29.3 Å².